The summed E-state index contributed by atoms with van der Waals surface area (Å²) < 4.78 is 33.3. The second-order valence-corrected chi connectivity index (χ2v) is 14.0. The average Bonchev–Trinajstić information content (AvgIpc) is 3.42. The fraction of sp³-hybridized carbons (Fsp3) is 0.533. The van der Waals surface area contributed by atoms with E-state index in [-0.39, 0.29) is 38.6 Å². The van der Waals surface area contributed by atoms with Crippen LogP contribution in [0.5, 0.6) is 0 Å². The first kappa shape index (κ1) is 33.6. The van der Waals surface area contributed by atoms with Crippen LogP contribution in [0.1, 0.15) is 48.8 Å². The van der Waals surface area contributed by atoms with Gasteiger partial charge >= 0.3 is 0 Å². The Kier molecular flexibility index (Phi) is 12.2. The van der Waals surface area contributed by atoms with E-state index in [4.69, 9.17) is 33.7 Å². The standard InChI is InChI=1S/C30H41Cl2N5O5S/c1-43(40,41)36-27(9-4-20-10-12-34-13-11-20)30(39)37-18-26(42-19-21-2-6-24(31)7-3-21)15-28(37)29(38)35-17-23-14-25(32)8-5-22(23)16-33/h2-3,5-8,14,20,26-28,34,36H,4,9-13,15-19,33H2,1H3,(H,35,38)/t26-,27-,28-/m1/s1. The number of nitrogens with zero attached hydrogens (tertiary/aromatic N) is 1. The van der Waals surface area contributed by atoms with Gasteiger partial charge in [-0.05, 0) is 85.6 Å². The summed E-state index contributed by atoms with van der Waals surface area (Å²) in [4.78, 5) is 29.1. The first-order chi connectivity index (χ1) is 20.5. The Morgan fingerprint density at radius 2 is 1.79 bits per heavy atom. The van der Waals surface area contributed by atoms with Crippen LogP contribution in [-0.4, -0.2) is 69.2 Å². The van der Waals surface area contributed by atoms with Gasteiger partial charge in [0.25, 0.3) is 0 Å². The van der Waals surface area contributed by atoms with Gasteiger partial charge in [-0.1, -0.05) is 41.4 Å². The molecule has 0 saturated carbocycles. The van der Waals surface area contributed by atoms with Crippen LogP contribution in [-0.2, 0) is 44.0 Å². The minimum atomic E-state index is -3.69. The van der Waals surface area contributed by atoms with E-state index in [0.29, 0.717) is 28.8 Å². The number of hydrogen-bond donors (Lipinski definition) is 4. The smallest absolute Gasteiger partial charge is 0.243 e. The quantitative estimate of drug-likeness (QED) is 0.260. The Labute approximate surface area is 264 Å². The number of nitrogens with two attached hydrogens (primary N) is 1. The Morgan fingerprint density at radius 1 is 1.09 bits per heavy atom. The van der Waals surface area contributed by atoms with Crippen molar-refractivity contribution in [2.45, 2.75) is 70.0 Å². The van der Waals surface area contributed by atoms with Crippen molar-refractivity contribution in [3.8, 4) is 0 Å². The van der Waals surface area contributed by atoms with Crippen molar-refractivity contribution < 1.29 is 22.7 Å². The fourth-order valence-corrected chi connectivity index (χ4v) is 6.78. The van der Waals surface area contributed by atoms with Gasteiger partial charge in [0.2, 0.25) is 21.8 Å². The molecular formula is C30H41Cl2N5O5S. The van der Waals surface area contributed by atoms with E-state index in [0.717, 1.165) is 48.9 Å². The molecule has 0 unspecified atom stereocenters. The van der Waals surface area contributed by atoms with Crippen LogP contribution in [0.4, 0.5) is 0 Å². The lowest BCUT2D eigenvalue weighted by Gasteiger charge is -2.30. The maximum atomic E-state index is 14.0. The van der Waals surface area contributed by atoms with Crippen molar-refractivity contribution in [3.05, 3.63) is 69.2 Å². The second kappa shape index (κ2) is 15.7. The summed E-state index contributed by atoms with van der Waals surface area (Å²) in [7, 11) is -3.69. The first-order valence-electron chi connectivity index (χ1n) is 14.6. The number of nitrogens with one attached hydrogen (secondary N) is 3. The third-order valence-corrected chi connectivity index (χ3v) is 9.27. The van der Waals surface area contributed by atoms with Gasteiger partial charge in [-0.3, -0.25) is 9.59 Å². The van der Waals surface area contributed by atoms with Crippen LogP contribution in [0.15, 0.2) is 42.5 Å². The molecule has 13 heteroatoms. The van der Waals surface area contributed by atoms with Crippen LogP contribution >= 0.6 is 23.2 Å². The van der Waals surface area contributed by atoms with Crippen molar-refractivity contribution in [1.82, 2.24) is 20.3 Å². The van der Waals surface area contributed by atoms with Crippen molar-refractivity contribution in [2.24, 2.45) is 11.7 Å². The number of carbonyl (C=O) groups excluding carboxylic acids is 2. The molecule has 0 aromatic heterocycles. The SMILES string of the molecule is CS(=O)(=O)N[C@H](CCC1CCNCC1)C(=O)N1C[C@H](OCc2ccc(Cl)cc2)C[C@@H]1C(=O)NCc1cc(Cl)ccc1CN. The van der Waals surface area contributed by atoms with E-state index in [1.165, 1.54) is 4.90 Å². The Morgan fingerprint density at radius 3 is 2.47 bits per heavy atom. The van der Waals surface area contributed by atoms with Crippen LogP contribution in [0.25, 0.3) is 0 Å². The molecular weight excluding hydrogens is 613 g/mol. The number of amides is 2. The number of hydrogen-bond acceptors (Lipinski definition) is 7. The normalized spacial score (nSPS) is 20.2. The molecule has 2 aromatic rings. The van der Waals surface area contributed by atoms with Crippen LogP contribution in [0.2, 0.25) is 10.0 Å². The van der Waals surface area contributed by atoms with Crippen LogP contribution in [0, 0.1) is 5.92 Å². The highest BCUT2D eigenvalue weighted by Gasteiger charge is 2.42. The summed E-state index contributed by atoms with van der Waals surface area (Å²) in [5.41, 5.74) is 8.42. The lowest BCUT2D eigenvalue weighted by molar-refractivity contribution is -0.140. The highest BCUT2D eigenvalue weighted by Crippen LogP contribution is 2.26. The first-order valence-corrected chi connectivity index (χ1v) is 17.3. The molecule has 43 heavy (non-hydrogen) atoms. The molecule has 0 bridgehead atoms. The highest BCUT2D eigenvalue weighted by molar-refractivity contribution is 7.88. The molecule has 10 nitrogen and oxygen atoms in total. The van der Waals surface area contributed by atoms with Gasteiger partial charge in [0.1, 0.15) is 12.1 Å². The predicted molar refractivity (Wildman–Crippen MR) is 168 cm³/mol. The summed E-state index contributed by atoms with van der Waals surface area (Å²) in [6.07, 6.45) is 3.89. The minimum Gasteiger partial charge on any atom is -0.372 e. The zero-order chi connectivity index (χ0) is 31.0. The second-order valence-electron chi connectivity index (χ2n) is 11.3. The molecule has 2 aliphatic heterocycles. The Hall–Kier alpha value is -2.25. The summed E-state index contributed by atoms with van der Waals surface area (Å²) >= 11 is 12.2. The molecule has 0 radical (unpaired) electrons. The minimum absolute atomic E-state index is 0.158. The van der Waals surface area contributed by atoms with E-state index in [1.54, 1.807) is 24.3 Å². The number of likely N-dealkylation sites (tertiary alicyclic amines) is 1. The average molecular weight is 655 g/mol. The largest absolute Gasteiger partial charge is 0.372 e. The van der Waals surface area contributed by atoms with E-state index in [2.05, 4.69) is 15.4 Å². The van der Waals surface area contributed by atoms with E-state index < -0.39 is 34.1 Å². The van der Waals surface area contributed by atoms with Gasteiger partial charge in [0, 0.05) is 36.1 Å². The number of ether oxygens (including phenoxy) is 1. The van der Waals surface area contributed by atoms with Crippen molar-refractivity contribution in [1.29, 1.82) is 0 Å². The predicted octanol–water partition coefficient (Wildman–Crippen LogP) is 2.95. The van der Waals surface area contributed by atoms with E-state index in [1.807, 2.05) is 18.2 Å². The summed E-state index contributed by atoms with van der Waals surface area (Å²) in [5.74, 6) is -0.381. The van der Waals surface area contributed by atoms with Gasteiger partial charge in [0.15, 0.2) is 0 Å². The topological polar surface area (TPSA) is 143 Å². The lowest BCUT2D eigenvalue weighted by Crippen LogP contribution is -2.53. The molecule has 2 saturated heterocycles. The third kappa shape index (κ3) is 10.1. The van der Waals surface area contributed by atoms with Gasteiger partial charge in [-0.25, -0.2) is 13.1 Å². The molecule has 3 atom stereocenters. The van der Waals surface area contributed by atoms with Crippen LogP contribution < -0.4 is 21.1 Å². The molecule has 2 amide bonds. The summed E-state index contributed by atoms with van der Waals surface area (Å²) in [5, 5.41) is 7.40. The van der Waals surface area contributed by atoms with Crippen molar-refractivity contribution >= 4 is 45.0 Å². The molecule has 2 aromatic carbocycles. The molecule has 2 heterocycles. The highest BCUT2D eigenvalue weighted by atomic mass is 35.5. The maximum Gasteiger partial charge on any atom is 0.243 e. The molecule has 4 rings (SSSR count). The summed E-state index contributed by atoms with van der Waals surface area (Å²) in [6, 6.07) is 10.8. The monoisotopic (exact) mass is 653 g/mol. The number of carbonyl (C=O) groups is 2. The van der Waals surface area contributed by atoms with Gasteiger partial charge < -0.3 is 26.0 Å². The number of benzene rings is 2. The Bertz CT molecular complexity index is 1360. The molecule has 2 fully saturated rings. The summed E-state index contributed by atoms with van der Waals surface area (Å²) in [6.45, 7) is 2.71. The molecule has 0 spiro atoms. The molecule has 5 N–H and O–H groups in total. The number of halogens is 2. The number of sulfonamides is 1. The van der Waals surface area contributed by atoms with Gasteiger partial charge in [0.05, 0.1) is 19.0 Å². The molecule has 0 aliphatic carbocycles. The molecule has 2 aliphatic rings. The van der Waals surface area contributed by atoms with E-state index in [9.17, 15) is 18.0 Å². The third-order valence-electron chi connectivity index (χ3n) is 8.07. The number of rotatable bonds is 13. The van der Waals surface area contributed by atoms with E-state index >= 15 is 0 Å². The number of piperidine rings is 1. The fourth-order valence-electron chi connectivity index (χ4n) is 5.73. The van der Waals surface area contributed by atoms with Gasteiger partial charge in [-0.2, -0.15) is 0 Å². The lowest BCUT2D eigenvalue weighted by atomic mass is 9.91. The van der Waals surface area contributed by atoms with Gasteiger partial charge in [-0.15, -0.1) is 0 Å². The zero-order valence-corrected chi connectivity index (χ0v) is 26.7. The Balaban J connectivity index is 1.50. The van der Waals surface area contributed by atoms with Crippen molar-refractivity contribution in [2.75, 3.05) is 25.9 Å². The van der Waals surface area contributed by atoms with Crippen molar-refractivity contribution in [3.63, 3.8) is 0 Å². The molecule has 236 valence electrons. The maximum absolute atomic E-state index is 14.0. The zero-order valence-electron chi connectivity index (χ0n) is 24.4. The van der Waals surface area contributed by atoms with Crippen LogP contribution in [0.3, 0.4) is 0 Å².